The van der Waals surface area contributed by atoms with Crippen molar-refractivity contribution >= 4 is 23.5 Å². The van der Waals surface area contributed by atoms with Crippen LogP contribution in [0, 0.1) is 11.3 Å². The Hall–Kier alpha value is -1.41. The van der Waals surface area contributed by atoms with Gasteiger partial charge in [-0.3, -0.25) is 0 Å². The van der Waals surface area contributed by atoms with Gasteiger partial charge in [0.2, 0.25) is 5.60 Å². The first-order valence-corrected chi connectivity index (χ1v) is 10.2. The van der Waals surface area contributed by atoms with Crippen LogP contribution in [-0.4, -0.2) is 15.6 Å². The van der Waals surface area contributed by atoms with Gasteiger partial charge in [-0.05, 0) is 23.5 Å². The van der Waals surface area contributed by atoms with Gasteiger partial charge in [0.25, 0.3) is 0 Å². The highest BCUT2D eigenvalue weighted by molar-refractivity contribution is 8.18. The van der Waals surface area contributed by atoms with Gasteiger partial charge in [-0.1, -0.05) is 60.7 Å². The monoisotopic (exact) mass is 353 g/mol. The minimum Gasteiger partial charge on any atom is -0.345 e. The van der Waals surface area contributed by atoms with Gasteiger partial charge in [-0.25, -0.2) is 0 Å². The predicted molar refractivity (Wildman–Crippen MR) is 101 cm³/mol. The van der Waals surface area contributed by atoms with E-state index in [-0.39, 0.29) is 10.2 Å². The zero-order valence-corrected chi connectivity index (χ0v) is 15.0. The van der Waals surface area contributed by atoms with Gasteiger partial charge >= 0.3 is 0 Å². The van der Waals surface area contributed by atoms with Crippen molar-refractivity contribution < 1.29 is 4.74 Å². The van der Waals surface area contributed by atoms with Crippen LogP contribution in [-0.2, 0) is 10.3 Å². The van der Waals surface area contributed by atoms with E-state index in [1.165, 1.54) is 6.42 Å². The number of thioether (sulfide) groups is 2. The fourth-order valence-electron chi connectivity index (χ4n) is 3.62. The van der Waals surface area contributed by atoms with Crippen LogP contribution < -0.4 is 0 Å². The standard InChI is InChI=1S/C20H19NOS2/c21-15-19(17-10-5-2-6-11-17)20(23-12-7-13-24-20)14-18(22-19)16-8-3-1-4-9-16/h1-6,8-11,18H,7,12-14H2/t18-,19-/m0/s1. The molecular weight excluding hydrogens is 334 g/mol. The van der Waals surface area contributed by atoms with E-state index in [1.807, 2.05) is 72.1 Å². The van der Waals surface area contributed by atoms with Crippen LogP contribution in [0.1, 0.15) is 30.1 Å². The van der Waals surface area contributed by atoms with Gasteiger partial charge in [-0.15, -0.1) is 23.5 Å². The van der Waals surface area contributed by atoms with E-state index in [4.69, 9.17) is 4.74 Å². The van der Waals surface area contributed by atoms with Crippen molar-refractivity contribution in [3.05, 3.63) is 71.8 Å². The Morgan fingerprint density at radius 2 is 1.58 bits per heavy atom. The second kappa shape index (κ2) is 6.48. The molecule has 24 heavy (non-hydrogen) atoms. The molecule has 2 aliphatic heterocycles. The van der Waals surface area contributed by atoms with Gasteiger partial charge < -0.3 is 4.74 Å². The second-order valence-corrected chi connectivity index (χ2v) is 9.23. The number of rotatable bonds is 2. The Bertz CT molecular complexity index is 737. The molecule has 2 saturated heterocycles. The molecule has 0 unspecified atom stereocenters. The number of hydrogen-bond acceptors (Lipinski definition) is 4. The summed E-state index contributed by atoms with van der Waals surface area (Å²) in [5.74, 6) is 2.18. The SMILES string of the molecule is N#C[C@@]1(c2ccccc2)O[C@H](c2ccccc2)CC12SCCCS2. The highest BCUT2D eigenvalue weighted by Gasteiger charge is 2.63. The summed E-state index contributed by atoms with van der Waals surface area (Å²) in [6.45, 7) is 0. The normalized spacial score (nSPS) is 28.5. The average Bonchev–Trinajstić information content (AvgIpc) is 2.98. The minimum atomic E-state index is -0.898. The Kier molecular flexibility index (Phi) is 4.34. The molecule has 1 spiro atoms. The van der Waals surface area contributed by atoms with Crippen molar-refractivity contribution in [2.75, 3.05) is 11.5 Å². The predicted octanol–water partition coefficient (Wildman–Crippen LogP) is 5.13. The van der Waals surface area contributed by atoms with E-state index in [0.717, 1.165) is 29.1 Å². The molecule has 2 aliphatic rings. The fraction of sp³-hybridized carbons (Fsp3) is 0.350. The van der Waals surface area contributed by atoms with Gasteiger partial charge in [0.1, 0.15) is 10.1 Å². The molecule has 2 fully saturated rings. The lowest BCUT2D eigenvalue weighted by Crippen LogP contribution is -2.44. The number of benzene rings is 2. The number of nitrogens with zero attached hydrogens (tertiary/aromatic N) is 1. The number of nitriles is 1. The average molecular weight is 354 g/mol. The minimum absolute atomic E-state index is 0.0378. The van der Waals surface area contributed by atoms with Crippen molar-refractivity contribution in [1.29, 1.82) is 5.26 Å². The number of ether oxygens (including phenoxy) is 1. The summed E-state index contributed by atoms with van der Waals surface area (Å²) in [4.78, 5) is 0. The third-order valence-corrected chi connectivity index (χ3v) is 8.31. The first-order chi connectivity index (χ1) is 11.8. The van der Waals surface area contributed by atoms with E-state index in [1.54, 1.807) is 0 Å². The molecule has 0 aliphatic carbocycles. The number of hydrogen-bond donors (Lipinski definition) is 0. The molecule has 122 valence electrons. The Morgan fingerprint density at radius 3 is 2.21 bits per heavy atom. The molecule has 2 aromatic rings. The molecule has 4 rings (SSSR count). The molecule has 4 heteroatoms. The largest absolute Gasteiger partial charge is 0.345 e. The molecule has 0 aromatic heterocycles. The molecule has 0 saturated carbocycles. The topological polar surface area (TPSA) is 33.0 Å². The molecule has 2 atom stereocenters. The zero-order chi connectivity index (χ0) is 16.5. The molecule has 0 N–H and O–H groups in total. The van der Waals surface area contributed by atoms with Crippen molar-refractivity contribution in [3.63, 3.8) is 0 Å². The summed E-state index contributed by atoms with van der Waals surface area (Å²) in [7, 11) is 0. The van der Waals surface area contributed by atoms with Crippen LogP contribution in [0.15, 0.2) is 60.7 Å². The van der Waals surface area contributed by atoms with Crippen LogP contribution in [0.25, 0.3) is 0 Å². The van der Waals surface area contributed by atoms with Crippen molar-refractivity contribution in [2.45, 2.75) is 28.6 Å². The lowest BCUT2D eigenvalue weighted by Gasteiger charge is -2.41. The Balaban J connectivity index is 1.82. The second-order valence-electron chi connectivity index (χ2n) is 6.18. The summed E-state index contributed by atoms with van der Waals surface area (Å²) in [6, 6.07) is 23.0. The van der Waals surface area contributed by atoms with Gasteiger partial charge in [0.05, 0.1) is 6.10 Å². The summed E-state index contributed by atoms with van der Waals surface area (Å²) in [5.41, 5.74) is 1.24. The van der Waals surface area contributed by atoms with Crippen LogP contribution in [0.2, 0.25) is 0 Å². The van der Waals surface area contributed by atoms with E-state index in [0.29, 0.717) is 0 Å². The van der Waals surface area contributed by atoms with Crippen LogP contribution in [0.4, 0.5) is 0 Å². The van der Waals surface area contributed by atoms with Crippen LogP contribution in [0.5, 0.6) is 0 Å². The van der Waals surface area contributed by atoms with E-state index in [2.05, 4.69) is 18.2 Å². The summed E-state index contributed by atoms with van der Waals surface area (Å²) >= 11 is 3.83. The molecule has 2 nitrogen and oxygen atoms in total. The fourth-order valence-corrected chi connectivity index (χ4v) is 7.24. The molecule has 2 heterocycles. The zero-order valence-electron chi connectivity index (χ0n) is 13.4. The van der Waals surface area contributed by atoms with Crippen LogP contribution in [0.3, 0.4) is 0 Å². The van der Waals surface area contributed by atoms with E-state index >= 15 is 0 Å². The summed E-state index contributed by atoms with van der Waals surface area (Å²) in [6.07, 6.45) is 2.03. The van der Waals surface area contributed by atoms with Gasteiger partial charge in [0.15, 0.2) is 0 Å². The van der Waals surface area contributed by atoms with Gasteiger partial charge in [0, 0.05) is 12.0 Å². The maximum Gasteiger partial charge on any atom is 0.204 e. The van der Waals surface area contributed by atoms with E-state index < -0.39 is 5.60 Å². The lowest BCUT2D eigenvalue weighted by atomic mass is 9.90. The van der Waals surface area contributed by atoms with Crippen molar-refractivity contribution in [3.8, 4) is 6.07 Å². The molecule has 0 radical (unpaired) electrons. The first-order valence-electron chi connectivity index (χ1n) is 8.27. The highest BCUT2D eigenvalue weighted by atomic mass is 32.2. The third-order valence-electron chi connectivity index (χ3n) is 4.78. The third kappa shape index (κ3) is 2.47. The lowest BCUT2D eigenvalue weighted by molar-refractivity contribution is -0.00789. The smallest absolute Gasteiger partial charge is 0.204 e. The van der Waals surface area contributed by atoms with E-state index in [9.17, 15) is 5.26 Å². The van der Waals surface area contributed by atoms with Gasteiger partial charge in [-0.2, -0.15) is 5.26 Å². The molecular formula is C20H19NOS2. The highest BCUT2D eigenvalue weighted by Crippen LogP contribution is 2.64. The molecule has 2 aromatic carbocycles. The Labute approximate surface area is 151 Å². The first kappa shape index (κ1) is 16.1. The molecule has 0 bridgehead atoms. The maximum absolute atomic E-state index is 10.3. The summed E-state index contributed by atoms with van der Waals surface area (Å²) in [5, 5.41) is 10.3. The Morgan fingerprint density at radius 1 is 0.958 bits per heavy atom. The maximum atomic E-state index is 10.3. The van der Waals surface area contributed by atoms with Crippen LogP contribution >= 0.6 is 23.5 Å². The van der Waals surface area contributed by atoms with Crippen molar-refractivity contribution in [1.82, 2.24) is 0 Å². The molecule has 0 amide bonds. The quantitative estimate of drug-likeness (QED) is 0.749. The summed E-state index contributed by atoms with van der Waals surface area (Å²) < 4.78 is 6.33. The van der Waals surface area contributed by atoms with Crippen molar-refractivity contribution in [2.24, 2.45) is 0 Å².